The Bertz CT molecular complexity index is 958. The number of ether oxygens (including phenoxy) is 2. The Morgan fingerprint density at radius 2 is 1.87 bits per heavy atom. The topological polar surface area (TPSA) is 81.7 Å². The number of esters is 1. The molecule has 3 rings (SSSR count). The van der Waals surface area contributed by atoms with Crippen LogP contribution in [0, 0.1) is 0 Å². The normalized spacial score (nSPS) is 16.2. The van der Waals surface area contributed by atoms with Gasteiger partial charge in [0.05, 0.1) is 5.56 Å². The number of hydrogen-bond acceptors (Lipinski definition) is 5. The van der Waals surface area contributed by atoms with Gasteiger partial charge in [-0.15, -0.1) is 0 Å². The van der Waals surface area contributed by atoms with E-state index in [9.17, 15) is 27.6 Å². The molecule has 9 heteroatoms. The Morgan fingerprint density at radius 1 is 1.10 bits per heavy atom. The molecular weight excluding hydrogens is 403 g/mol. The Morgan fingerprint density at radius 3 is 2.57 bits per heavy atom. The van der Waals surface area contributed by atoms with Crippen LogP contribution in [0.1, 0.15) is 35.2 Å². The van der Waals surface area contributed by atoms with Crippen LogP contribution in [-0.4, -0.2) is 30.4 Å². The van der Waals surface area contributed by atoms with Crippen LogP contribution in [0.15, 0.2) is 48.5 Å². The largest absolute Gasteiger partial charge is 0.483 e. The van der Waals surface area contributed by atoms with Gasteiger partial charge in [-0.25, -0.2) is 4.79 Å². The molecule has 0 spiro atoms. The quantitative estimate of drug-likeness (QED) is 0.713. The molecular formula is C21H18F3NO5. The molecule has 0 radical (unpaired) electrons. The van der Waals surface area contributed by atoms with Crippen LogP contribution < -0.4 is 10.1 Å². The molecule has 1 N–H and O–H groups in total. The molecule has 2 aromatic carbocycles. The van der Waals surface area contributed by atoms with Crippen molar-refractivity contribution in [3.63, 3.8) is 0 Å². The molecule has 158 valence electrons. The third-order valence-electron chi connectivity index (χ3n) is 4.44. The number of ketones is 1. The molecule has 2 aromatic rings. The average Bonchev–Trinajstić information content (AvgIpc) is 3.10. The second-order valence-corrected chi connectivity index (χ2v) is 6.66. The first-order valence-corrected chi connectivity index (χ1v) is 9.16. The minimum absolute atomic E-state index is 0.0362. The summed E-state index contributed by atoms with van der Waals surface area (Å²) in [5.41, 5.74) is -0.884. The lowest BCUT2D eigenvalue weighted by Crippen LogP contribution is -2.24. The van der Waals surface area contributed by atoms with Crippen molar-refractivity contribution in [3.05, 3.63) is 59.7 Å². The van der Waals surface area contributed by atoms with Crippen LogP contribution in [0.5, 0.6) is 5.75 Å². The molecule has 6 nitrogen and oxygen atoms in total. The van der Waals surface area contributed by atoms with Crippen LogP contribution in [-0.2, 0) is 20.5 Å². The zero-order valence-electron chi connectivity index (χ0n) is 15.7. The van der Waals surface area contributed by atoms with Crippen LogP contribution in [0.4, 0.5) is 18.9 Å². The van der Waals surface area contributed by atoms with E-state index in [1.807, 2.05) is 0 Å². The van der Waals surface area contributed by atoms with Crippen molar-refractivity contribution < 1.29 is 37.0 Å². The van der Waals surface area contributed by atoms with Gasteiger partial charge in [-0.05, 0) is 43.2 Å². The van der Waals surface area contributed by atoms with Gasteiger partial charge >= 0.3 is 12.1 Å². The second-order valence-electron chi connectivity index (χ2n) is 6.66. The molecule has 0 aromatic heterocycles. The van der Waals surface area contributed by atoms with Gasteiger partial charge in [-0.2, -0.15) is 13.2 Å². The molecule has 1 aliphatic carbocycles. The summed E-state index contributed by atoms with van der Waals surface area (Å²) >= 11 is 0. The number of Topliss-reactive ketones (excluding diaryl/α,β-unsaturated/α-hetero) is 1. The van der Waals surface area contributed by atoms with Gasteiger partial charge in [-0.1, -0.05) is 18.2 Å². The van der Waals surface area contributed by atoms with Gasteiger partial charge in [0, 0.05) is 12.1 Å². The number of hydrogen-bond donors (Lipinski definition) is 1. The molecule has 30 heavy (non-hydrogen) atoms. The minimum Gasteiger partial charge on any atom is -0.483 e. The van der Waals surface area contributed by atoms with E-state index in [0.717, 1.165) is 12.1 Å². The molecule has 0 heterocycles. The average molecular weight is 421 g/mol. The summed E-state index contributed by atoms with van der Waals surface area (Å²) in [6.07, 6.45) is -3.82. The van der Waals surface area contributed by atoms with Crippen molar-refractivity contribution >= 4 is 23.3 Å². The van der Waals surface area contributed by atoms with E-state index in [0.29, 0.717) is 19.3 Å². The number of benzene rings is 2. The number of carbonyl (C=O) groups excluding carboxylic acids is 3. The fourth-order valence-corrected chi connectivity index (χ4v) is 2.98. The van der Waals surface area contributed by atoms with Crippen LogP contribution in [0.3, 0.4) is 0 Å². The second kappa shape index (κ2) is 8.98. The van der Waals surface area contributed by atoms with Crippen LogP contribution in [0.25, 0.3) is 0 Å². The Hall–Kier alpha value is -3.36. The number of nitrogens with one attached hydrogen (secondary N) is 1. The highest BCUT2D eigenvalue weighted by molar-refractivity contribution is 5.96. The molecule has 1 atom stereocenters. The zero-order valence-corrected chi connectivity index (χ0v) is 15.7. The molecule has 0 bridgehead atoms. The lowest BCUT2D eigenvalue weighted by molar-refractivity contribution is -0.137. The fraction of sp³-hybridized carbons (Fsp3) is 0.286. The van der Waals surface area contributed by atoms with Crippen molar-refractivity contribution in [2.24, 2.45) is 0 Å². The van der Waals surface area contributed by atoms with Gasteiger partial charge in [0.1, 0.15) is 11.3 Å². The Kier molecular flexibility index (Phi) is 6.39. The van der Waals surface area contributed by atoms with Crippen molar-refractivity contribution in [2.75, 3.05) is 11.9 Å². The third-order valence-corrected chi connectivity index (χ3v) is 4.44. The maximum absolute atomic E-state index is 12.8. The molecule has 1 aliphatic rings. The summed E-state index contributed by atoms with van der Waals surface area (Å²) in [5, 5.41) is 2.31. The highest BCUT2D eigenvalue weighted by Crippen LogP contribution is 2.30. The number of rotatable bonds is 6. The third kappa shape index (κ3) is 5.37. The SMILES string of the molecule is O=C(COc1ccccc1C(=O)OC1CCCC1=O)Nc1cccc(C(F)(F)F)c1. The molecule has 1 amide bonds. The predicted molar refractivity (Wildman–Crippen MR) is 100 cm³/mol. The minimum atomic E-state index is -4.53. The van der Waals surface area contributed by atoms with E-state index >= 15 is 0 Å². The van der Waals surface area contributed by atoms with Crippen LogP contribution >= 0.6 is 0 Å². The van der Waals surface area contributed by atoms with E-state index in [1.165, 1.54) is 24.3 Å². The zero-order chi connectivity index (χ0) is 21.7. The van der Waals surface area contributed by atoms with E-state index in [2.05, 4.69) is 5.32 Å². The summed E-state index contributed by atoms with van der Waals surface area (Å²) in [6.45, 7) is -0.539. The first-order valence-electron chi connectivity index (χ1n) is 9.16. The summed E-state index contributed by atoms with van der Waals surface area (Å²) in [6, 6.07) is 10.2. The summed E-state index contributed by atoms with van der Waals surface area (Å²) < 4.78 is 48.9. The van der Waals surface area contributed by atoms with Gasteiger partial charge in [-0.3, -0.25) is 9.59 Å². The molecule has 1 saturated carbocycles. The van der Waals surface area contributed by atoms with Gasteiger partial charge < -0.3 is 14.8 Å². The maximum Gasteiger partial charge on any atom is 0.416 e. The molecule has 1 fully saturated rings. The van der Waals surface area contributed by atoms with Crippen molar-refractivity contribution in [3.8, 4) is 5.75 Å². The van der Waals surface area contributed by atoms with Crippen molar-refractivity contribution in [1.29, 1.82) is 0 Å². The van der Waals surface area contributed by atoms with Crippen molar-refractivity contribution in [1.82, 2.24) is 0 Å². The molecule has 1 unspecified atom stereocenters. The number of amides is 1. The first-order chi connectivity index (χ1) is 14.2. The smallest absolute Gasteiger partial charge is 0.416 e. The van der Waals surface area contributed by atoms with Gasteiger partial charge in [0.15, 0.2) is 18.5 Å². The van der Waals surface area contributed by atoms with Crippen molar-refractivity contribution in [2.45, 2.75) is 31.5 Å². The van der Waals surface area contributed by atoms with Crippen LogP contribution in [0.2, 0.25) is 0 Å². The highest BCUT2D eigenvalue weighted by Gasteiger charge is 2.31. The lowest BCUT2D eigenvalue weighted by atomic mass is 10.2. The first kappa shape index (κ1) is 21.4. The fourth-order valence-electron chi connectivity index (χ4n) is 2.98. The number of halogens is 3. The predicted octanol–water partition coefficient (Wildman–Crippen LogP) is 4.00. The standard InChI is InChI=1S/C21H18F3NO5/c22-21(23,24)13-5-3-6-14(11-13)25-19(27)12-29-17-9-2-1-7-15(17)20(28)30-18-10-4-8-16(18)26/h1-3,5-7,9,11,18H,4,8,10,12H2,(H,25,27). The van der Waals surface area contributed by atoms with Gasteiger partial charge in [0.25, 0.3) is 5.91 Å². The number of para-hydroxylation sites is 1. The molecule has 0 saturated heterocycles. The number of anilines is 1. The summed E-state index contributed by atoms with van der Waals surface area (Å²) in [4.78, 5) is 36.1. The van der Waals surface area contributed by atoms with E-state index in [1.54, 1.807) is 12.1 Å². The molecule has 0 aliphatic heterocycles. The number of alkyl halides is 3. The summed E-state index contributed by atoms with van der Waals surface area (Å²) in [5.74, 6) is -1.53. The van der Waals surface area contributed by atoms with E-state index in [-0.39, 0.29) is 22.8 Å². The monoisotopic (exact) mass is 421 g/mol. The summed E-state index contributed by atoms with van der Waals surface area (Å²) in [7, 11) is 0. The Labute approximate surface area is 170 Å². The number of carbonyl (C=O) groups is 3. The highest BCUT2D eigenvalue weighted by atomic mass is 19.4. The van der Waals surface area contributed by atoms with Gasteiger partial charge in [0.2, 0.25) is 0 Å². The maximum atomic E-state index is 12.8. The Balaban J connectivity index is 1.61. The van der Waals surface area contributed by atoms with E-state index < -0.39 is 36.3 Å². The lowest BCUT2D eigenvalue weighted by Gasteiger charge is -2.14. The van der Waals surface area contributed by atoms with E-state index in [4.69, 9.17) is 9.47 Å².